The zero-order valence-electron chi connectivity index (χ0n) is 15.3. The van der Waals surface area contributed by atoms with Gasteiger partial charge in [-0.25, -0.2) is 12.7 Å². The maximum Gasteiger partial charge on any atom is 0.225 e. The van der Waals surface area contributed by atoms with Gasteiger partial charge in [-0.2, -0.15) is 0 Å². The van der Waals surface area contributed by atoms with Crippen molar-refractivity contribution in [2.45, 2.75) is 19.8 Å². The smallest absolute Gasteiger partial charge is 0.225 e. The lowest BCUT2D eigenvalue weighted by Gasteiger charge is -2.20. The lowest BCUT2D eigenvalue weighted by Crippen LogP contribution is -2.35. The minimum atomic E-state index is -3.35. The number of anilines is 1. The Hall–Kier alpha value is -1.77. The summed E-state index contributed by atoms with van der Waals surface area (Å²) in [6.45, 7) is 2.78. The second-order valence-electron chi connectivity index (χ2n) is 6.25. The number of amides is 1. The highest BCUT2D eigenvalue weighted by Crippen LogP contribution is 2.11. The number of nitrogens with one attached hydrogen (secondary N) is 1. The van der Waals surface area contributed by atoms with Crippen molar-refractivity contribution in [3.8, 4) is 0 Å². The van der Waals surface area contributed by atoms with Gasteiger partial charge in [0.05, 0.1) is 6.26 Å². The van der Waals surface area contributed by atoms with Crippen LogP contribution in [0.5, 0.6) is 0 Å². The fourth-order valence-corrected chi connectivity index (χ4v) is 3.13. The fraction of sp³-hybridized carbons (Fsp3) is 0.529. The van der Waals surface area contributed by atoms with Gasteiger partial charge in [-0.15, -0.1) is 0 Å². The molecular weight excluding hydrogens is 342 g/mol. The maximum absolute atomic E-state index is 12.0. The molecule has 0 aliphatic rings. The minimum absolute atomic E-state index is 0.0422. The van der Waals surface area contributed by atoms with Crippen LogP contribution in [0.2, 0.25) is 0 Å². The Morgan fingerprint density at radius 1 is 1.04 bits per heavy atom. The minimum Gasteiger partial charge on any atom is -0.326 e. The molecule has 0 aromatic heterocycles. The van der Waals surface area contributed by atoms with E-state index in [2.05, 4.69) is 5.32 Å². The lowest BCUT2D eigenvalue weighted by atomic mass is 10.1. The Balaban J connectivity index is 2.54. The molecule has 1 rings (SSSR count). The number of benzene rings is 1. The molecule has 0 aliphatic heterocycles. The first-order valence-corrected chi connectivity index (χ1v) is 9.95. The van der Waals surface area contributed by atoms with Gasteiger partial charge in [0.25, 0.3) is 0 Å². The van der Waals surface area contributed by atoms with Crippen molar-refractivity contribution in [2.24, 2.45) is 0 Å². The highest BCUT2D eigenvalue weighted by Gasteiger charge is 2.17. The van der Waals surface area contributed by atoms with Crippen molar-refractivity contribution in [1.82, 2.24) is 9.21 Å². The van der Waals surface area contributed by atoms with Gasteiger partial charge in [0, 0.05) is 30.8 Å². The van der Waals surface area contributed by atoms with Crippen LogP contribution in [-0.4, -0.2) is 69.3 Å². The number of ketones is 1. The standard InChI is InChI=1S/C17H27N3O4S/c1-14(21)15-6-8-16(9-7-15)18-17(22)10-13-20(25(4,23)24)12-5-11-19(2)3/h6-9H,5,10-13H2,1-4H3,(H,18,22). The van der Waals surface area contributed by atoms with E-state index in [-0.39, 0.29) is 24.7 Å². The second-order valence-corrected chi connectivity index (χ2v) is 8.23. The van der Waals surface area contributed by atoms with Gasteiger partial charge < -0.3 is 10.2 Å². The van der Waals surface area contributed by atoms with E-state index in [1.54, 1.807) is 24.3 Å². The van der Waals surface area contributed by atoms with Crippen LogP contribution in [0, 0.1) is 0 Å². The van der Waals surface area contributed by atoms with E-state index in [0.717, 1.165) is 12.8 Å². The third-order valence-corrected chi connectivity index (χ3v) is 4.95. The normalized spacial score (nSPS) is 11.8. The van der Waals surface area contributed by atoms with Gasteiger partial charge in [-0.05, 0) is 58.3 Å². The predicted molar refractivity (Wildman–Crippen MR) is 99.3 cm³/mol. The van der Waals surface area contributed by atoms with Crippen molar-refractivity contribution >= 4 is 27.4 Å². The Morgan fingerprint density at radius 2 is 1.64 bits per heavy atom. The lowest BCUT2D eigenvalue weighted by molar-refractivity contribution is -0.116. The van der Waals surface area contributed by atoms with Gasteiger partial charge in [-0.3, -0.25) is 9.59 Å². The largest absolute Gasteiger partial charge is 0.326 e. The number of hydrogen-bond acceptors (Lipinski definition) is 5. The number of rotatable bonds is 10. The van der Waals surface area contributed by atoms with Crippen LogP contribution < -0.4 is 5.32 Å². The Labute approximate surface area is 150 Å². The molecule has 0 bridgehead atoms. The van der Waals surface area contributed by atoms with Crippen LogP contribution in [0.4, 0.5) is 5.69 Å². The number of sulfonamides is 1. The molecule has 0 atom stereocenters. The molecule has 0 aliphatic carbocycles. The van der Waals surface area contributed by atoms with Crippen molar-refractivity contribution in [2.75, 3.05) is 45.3 Å². The number of carbonyl (C=O) groups is 2. The molecule has 140 valence electrons. The van der Waals surface area contributed by atoms with Crippen LogP contribution in [0.25, 0.3) is 0 Å². The zero-order valence-corrected chi connectivity index (χ0v) is 16.1. The molecule has 1 aromatic carbocycles. The molecule has 8 heteroatoms. The summed E-state index contributed by atoms with van der Waals surface area (Å²) in [4.78, 5) is 25.2. The highest BCUT2D eigenvalue weighted by atomic mass is 32.2. The highest BCUT2D eigenvalue weighted by molar-refractivity contribution is 7.88. The molecule has 0 heterocycles. The summed E-state index contributed by atoms with van der Waals surface area (Å²) in [5, 5.41) is 2.71. The Bertz CT molecular complexity index is 684. The van der Waals surface area contributed by atoms with E-state index < -0.39 is 10.0 Å². The molecule has 0 fully saturated rings. The molecular formula is C17H27N3O4S. The quantitative estimate of drug-likeness (QED) is 0.631. The summed E-state index contributed by atoms with van der Waals surface area (Å²) < 4.78 is 25.0. The topological polar surface area (TPSA) is 86.8 Å². The van der Waals surface area contributed by atoms with E-state index in [9.17, 15) is 18.0 Å². The van der Waals surface area contributed by atoms with E-state index in [0.29, 0.717) is 24.2 Å². The predicted octanol–water partition coefficient (Wildman–Crippen LogP) is 1.43. The van der Waals surface area contributed by atoms with Gasteiger partial charge in [0.2, 0.25) is 15.9 Å². The molecule has 1 N–H and O–H groups in total. The van der Waals surface area contributed by atoms with Crippen molar-refractivity contribution in [1.29, 1.82) is 0 Å². The van der Waals surface area contributed by atoms with Crippen molar-refractivity contribution in [3.63, 3.8) is 0 Å². The van der Waals surface area contributed by atoms with E-state index in [1.165, 1.54) is 11.2 Å². The summed E-state index contributed by atoms with van der Waals surface area (Å²) in [5.41, 5.74) is 1.15. The van der Waals surface area contributed by atoms with Crippen LogP contribution >= 0.6 is 0 Å². The Morgan fingerprint density at radius 3 is 2.12 bits per heavy atom. The SMILES string of the molecule is CC(=O)c1ccc(NC(=O)CCN(CCCN(C)C)S(C)(=O)=O)cc1. The third-order valence-electron chi connectivity index (χ3n) is 3.65. The number of nitrogens with zero attached hydrogens (tertiary/aromatic N) is 2. The van der Waals surface area contributed by atoms with E-state index >= 15 is 0 Å². The molecule has 1 aromatic rings. The average molecular weight is 369 g/mol. The van der Waals surface area contributed by atoms with Crippen molar-refractivity contribution in [3.05, 3.63) is 29.8 Å². The molecule has 0 radical (unpaired) electrons. The van der Waals surface area contributed by atoms with Crippen LogP contribution in [0.3, 0.4) is 0 Å². The molecule has 0 unspecified atom stereocenters. The van der Waals surface area contributed by atoms with Gasteiger partial charge in [-0.1, -0.05) is 0 Å². The molecule has 0 saturated carbocycles. The number of Topliss-reactive ketones (excluding diaryl/α,β-unsaturated/α-hetero) is 1. The third kappa shape index (κ3) is 8.24. The number of carbonyl (C=O) groups excluding carboxylic acids is 2. The average Bonchev–Trinajstić information content (AvgIpc) is 2.49. The summed E-state index contributed by atoms with van der Waals surface area (Å²) in [5.74, 6) is -0.309. The summed E-state index contributed by atoms with van der Waals surface area (Å²) in [6, 6.07) is 6.59. The molecule has 0 saturated heterocycles. The van der Waals surface area contributed by atoms with Gasteiger partial charge in [0.1, 0.15) is 0 Å². The van der Waals surface area contributed by atoms with Crippen LogP contribution in [-0.2, 0) is 14.8 Å². The first-order chi connectivity index (χ1) is 11.6. The van der Waals surface area contributed by atoms with E-state index in [4.69, 9.17) is 0 Å². The van der Waals surface area contributed by atoms with E-state index in [1.807, 2.05) is 19.0 Å². The number of hydrogen-bond donors (Lipinski definition) is 1. The van der Waals surface area contributed by atoms with Crippen molar-refractivity contribution < 1.29 is 18.0 Å². The first-order valence-electron chi connectivity index (χ1n) is 8.10. The van der Waals surface area contributed by atoms with Crippen LogP contribution in [0.1, 0.15) is 30.1 Å². The van der Waals surface area contributed by atoms with Crippen LogP contribution in [0.15, 0.2) is 24.3 Å². The Kier molecular flexibility index (Phi) is 8.21. The second kappa shape index (κ2) is 9.65. The fourth-order valence-electron chi connectivity index (χ4n) is 2.24. The summed E-state index contributed by atoms with van der Waals surface area (Å²) >= 11 is 0. The van der Waals surface area contributed by atoms with Gasteiger partial charge >= 0.3 is 0 Å². The molecule has 25 heavy (non-hydrogen) atoms. The molecule has 1 amide bonds. The summed E-state index contributed by atoms with van der Waals surface area (Å²) in [6.07, 6.45) is 1.93. The van der Waals surface area contributed by atoms with Gasteiger partial charge in [0.15, 0.2) is 5.78 Å². The maximum atomic E-state index is 12.0. The zero-order chi connectivity index (χ0) is 19.0. The molecule has 0 spiro atoms. The first kappa shape index (κ1) is 21.3. The summed E-state index contributed by atoms with van der Waals surface area (Å²) in [7, 11) is 0.503. The monoisotopic (exact) mass is 369 g/mol. The molecule has 7 nitrogen and oxygen atoms in total.